The van der Waals surface area contributed by atoms with E-state index in [0.29, 0.717) is 47.7 Å². The first-order valence-electron chi connectivity index (χ1n) is 20.6. The summed E-state index contributed by atoms with van der Waals surface area (Å²) in [6.07, 6.45) is -0.272. The number of esters is 2. The van der Waals surface area contributed by atoms with Crippen LogP contribution in [0.5, 0.6) is 34.5 Å². The van der Waals surface area contributed by atoms with Crippen LogP contribution >= 0.6 is 0 Å². The van der Waals surface area contributed by atoms with Crippen LogP contribution in [0.3, 0.4) is 0 Å². The summed E-state index contributed by atoms with van der Waals surface area (Å²) in [5, 5.41) is 11.9. The van der Waals surface area contributed by atoms with Gasteiger partial charge in [0.25, 0.3) is 5.91 Å². The van der Waals surface area contributed by atoms with Crippen molar-refractivity contribution < 1.29 is 71.0 Å². The zero-order valence-electron chi connectivity index (χ0n) is 39.5. The third-order valence-electron chi connectivity index (χ3n) is 7.72. The Morgan fingerprint density at radius 1 is 0.631 bits per heavy atom. The van der Waals surface area contributed by atoms with Gasteiger partial charge in [-0.3, -0.25) is 4.79 Å². The Labute approximate surface area is 379 Å². The number of aromatic carboxylic acids is 1. The Morgan fingerprint density at radius 3 is 1.40 bits per heavy atom. The van der Waals surface area contributed by atoms with Crippen LogP contribution in [-0.4, -0.2) is 79.8 Å². The monoisotopic (exact) mass is 912 g/mol. The van der Waals surface area contributed by atoms with Gasteiger partial charge in [0, 0.05) is 16.9 Å². The van der Waals surface area contributed by atoms with Crippen LogP contribution in [0.2, 0.25) is 0 Å². The molecule has 0 unspecified atom stereocenters. The molecular weight excluding hydrogens is 851 g/mol. The van der Waals surface area contributed by atoms with Gasteiger partial charge in [0.2, 0.25) is 11.5 Å². The molecule has 0 fully saturated rings. The minimum absolute atomic E-state index is 0.101. The van der Waals surface area contributed by atoms with Crippen molar-refractivity contribution in [3.8, 4) is 34.5 Å². The summed E-state index contributed by atoms with van der Waals surface area (Å²) in [6.45, 7) is 23.3. The first kappa shape index (κ1) is 54.4. The number of methoxy groups -OCH3 is 2. The number of rotatable bonds is 15. The Bertz CT molecular complexity index is 2270. The van der Waals surface area contributed by atoms with Crippen LogP contribution in [-0.2, 0) is 9.47 Å². The average Bonchev–Trinajstić information content (AvgIpc) is 3.18. The van der Waals surface area contributed by atoms with Crippen LogP contribution in [0.25, 0.3) is 0 Å². The third kappa shape index (κ3) is 17.7. The summed E-state index contributed by atoms with van der Waals surface area (Å²) < 4.78 is 70.8. The van der Waals surface area contributed by atoms with Crippen molar-refractivity contribution in [2.45, 2.75) is 106 Å². The molecule has 65 heavy (non-hydrogen) atoms. The highest BCUT2D eigenvalue weighted by molar-refractivity contribution is 6.05. The average molecular weight is 913 g/mol. The summed E-state index contributed by atoms with van der Waals surface area (Å²) in [7, 11) is 2.36. The number of carboxylic acids is 1. The molecular formula is C48H62F2N2O13. The number of hydrogen-bond donors (Lipinski definition) is 3. The van der Waals surface area contributed by atoms with Crippen molar-refractivity contribution in [3.05, 3.63) is 94.6 Å². The van der Waals surface area contributed by atoms with E-state index >= 15 is 0 Å². The predicted octanol–water partition coefficient (Wildman–Crippen LogP) is 10.2. The van der Waals surface area contributed by atoms with E-state index in [4.69, 9.17) is 34.2 Å². The van der Waals surface area contributed by atoms with Crippen molar-refractivity contribution in [1.29, 1.82) is 0 Å². The van der Waals surface area contributed by atoms with E-state index in [1.165, 1.54) is 43.5 Å². The lowest BCUT2D eigenvalue weighted by Crippen LogP contribution is -2.24. The van der Waals surface area contributed by atoms with Gasteiger partial charge >= 0.3 is 17.9 Å². The van der Waals surface area contributed by atoms with Crippen molar-refractivity contribution in [3.63, 3.8) is 0 Å². The first-order chi connectivity index (χ1) is 30.2. The van der Waals surface area contributed by atoms with E-state index in [-0.39, 0.29) is 45.8 Å². The first-order valence-corrected chi connectivity index (χ1v) is 20.6. The lowest BCUT2D eigenvalue weighted by Gasteiger charge is -2.25. The van der Waals surface area contributed by atoms with E-state index in [1.54, 1.807) is 12.1 Å². The third-order valence-corrected chi connectivity index (χ3v) is 7.72. The molecule has 0 bridgehead atoms. The second kappa shape index (κ2) is 24.3. The number of ether oxygens (including phenoxy) is 8. The molecule has 0 aliphatic heterocycles. The van der Waals surface area contributed by atoms with Crippen molar-refractivity contribution in [1.82, 2.24) is 0 Å². The van der Waals surface area contributed by atoms with Gasteiger partial charge in [-0.2, -0.15) is 0 Å². The van der Waals surface area contributed by atoms with E-state index < -0.39 is 46.7 Å². The van der Waals surface area contributed by atoms with Gasteiger partial charge in [0.1, 0.15) is 22.8 Å². The molecule has 0 radical (unpaired) electrons. The van der Waals surface area contributed by atoms with Crippen molar-refractivity contribution >= 4 is 35.2 Å². The minimum Gasteiger partial charge on any atom is -0.487 e. The number of nitrogen functional groups attached to an aromatic ring is 1. The molecule has 356 valence electrons. The van der Waals surface area contributed by atoms with Gasteiger partial charge < -0.3 is 54.1 Å². The summed E-state index contributed by atoms with van der Waals surface area (Å²) in [5.74, 6) is -2.20. The SMILES string of the molecule is CCOc1c(OC(C)C)cc(C(=O)Nc2ccc(C(=O)OC)c(F)c2)cc1OC(C)(C)C.CCOc1c(OC(C)C)cc(C(=O)O)cc1OC(C)(C)C.COC(=O)c1ccc(N)cc1F. The maximum Gasteiger partial charge on any atom is 0.340 e. The number of carbonyl (C=O) groups is 4. The maximum atomic E-state index is 14.2. The Balaban J connectivity index is 0.000000375. The molecule has 0 atom stereocenters. The largest absolute Gasteiger partial charge is 0.487 e. The van der Waals surface area contributed by atoms with E-state index in [1.807, 2.05) is 83.1 Å². The smallest absolute Gasteiger partial charge is 0.340 e. The lowest BCUT2D eigenvalue weighted by molar-refractivity contribution is 0.0586. The van der Waals surface area contributed by atoms with Crippen molar-refractivity contribution in [2.24, 2.45) is 0 Å². The van der Waals surface area contributed by atoms with Gasteiger partial charge in [-0.15, -0.1) is 0 Å². The predicted molar refractivity (Wildman–Crippen MR) is 242 cm³/mol. The number of hydrogen-bond acceptors (Lipinski definition) is 13. The van der Waals surface area contributed by atoms with E-state index in [0.717, 1.165) is 19.2 Å². The molecule has 1 amide bonds. The molecule has 0 saturated heterocycles. The fraction of sp³-hybridized carbons (Fsp3) is 0.417. The van der Waals surface area contributed by atoms with Gasteiger partial charge in [0.15, 0.2) is 23.0 Å². The van der Waals surface area contributed by atoms with Gasteiger partial charge in [0.05, 0.1) is 56.3 Å². The Morgan fingerprint density at radius 2 is 1.03 bits per heavy atom. The molecule has 4 rings (SSSR count). The van der Waals surface area contributed by atoms with Crippen LogP contribution in [0, 0.1) is 11.6 Å². The zero-order chi connectivity index (χ0) is 49.4. The topological polar surface area (TPSA) is 200 Å². The normalized spacial score (nSPS) is 10.9. The number of benzene rings is 4. The highest BCUT2D eigenvalue weighted by Gasteiger charge is 2.25. The molecule has 4 aromatic carbocycles. The molecule has 0 heterocycles. The van der Waals surface area contributed by atoms with Gasteiger partial charge in [-0.1, -0.05) is 0 Å². The highest BCUT2D eigenvalue weighted by atomic mass is 19.1. The molecule has 4 N–H and O–H groups in total. The fourth-order valence-electron chi connectivity index (χ4n) is 5.35. The number of carbonyl (C=O) groups excluding carboxylic acids is 3. The molecule has 0 aromatic heterocycles. The van der Waals surface area contributed by atoms with Gasteiger partial charge in [-0.05, 0) is 144 Å². The standard InChI is InChI=1S/C24H30FNO6.C16H24O5.C8H8FNO2/c1-8-30-21-19(31-14(2)3)11-15(12-20(21)32-24(4,5)6)22(27)26-16-9-10-17(18(25)13-16)23(28)29-7;1-7-19-14-12(20-10(2)3)8-11(15(17)18)9-13(14)21-16(4,5)6;1-12-8(11)6-3-2-5(10)4-7(6)9/h9-14H,8H2,1-7H3,(H,26,27);8-10H,7H2,1-6H3,(H,17,18);2-4H,10H2,1H3. The van der Waals surface area contributed by atoms with Crippen LogP contribution in [0.1, 0.15) is 125 Å². The number of carboxylic acid groups (broad SMARTS) is 1. The summed E-state index contributed by atoms with van der Waals surface area (Å²) >= 11 is 0. The second-order valence-electron chi connectivity index (χ2n) is 16.4. The van der Waals surface area contributed by atoms with E-state index in [9.17, 15) is 33.1 Å². The van der Waals surface area contributed by atoms with Crippen LogP contribution in [0.15, 0.2) is 60.7 Å². The number of halogens is 2. The molecule has 0 aliphatic rings. The molecule has 0 aliphatic carbocycles. The fourth-order valence-corrected chi connectivity index (χ4v) is 5.35. The summed E-state index contributed by atoms with van der Waals surface area (Å²) in [4.78, 5) is 46.6. The van der Waals surface area contributed by atoms with Gasteiger partial charge in [-0.25, -0.2) is 23.2 Å². The van der Waals surface area contributed by atoms with E-state index in [2.05, 4.69) is 14.8 Å². The van der Waals surface area contributed by atoms with Crippen LogP contribution < -0.4 is 39.5 Å². The lowest BCUT2D eigenvalue weighted by atomic mass is 10.1. The Hall–Kier alpha value is -6.78. The highest BCUT2D eigenvalue weighted by Crippen LogP contribution is 2.42. The minimum atomic E-state index is -1.04. The van der Waals surface area contributed by atoms with Crippen LogP contribution in [0.4, 0.5) is 20.2 Å². The number of nitrogens with one attached hydrogen (secondary N) is 1. The quantitative estimate of drug-likeness (QED) is 0.0751. The molecule has 17 heteroatoms. The summed E-state index contributed by atoms with van der Waals surface area (Å²) in [6, 6.07) is 13.5. The Kier molecular flexibility index (Phi) is 20.3. The molecule has 4 aromatic rings. The second-order valence-corrected chi connectivity index (χ2v) is 16.4. The number of amides is 1. The zero-order valence-corrected chi connectivity index (χ0v) is 39.5. The molecule has 0 saturated carbocycles. The molecule has 0 spiro atoms. The van der Waals surface area contributed by atoms with Crippen molar-refractivity contribution in [2.75, 3.05) is 38.5 Å². The maximum absolute atomic E-state index is 14.2. The molecule has 15 nitrogen and oxygen atoms in total. The number of anilines is 2. The summed E-state index contributed by atoms with van der Waals surface area (Å²) in [5.41, 5.74) is 4.72. The number of nitrogens with two attached hydrogens (primary N) is 1.